The number of rotatable bonds is 4. The topological polar surface area (TPSA) is 107 Å². The van der Waals surface area contributed by atoms with E-state index in [1.54, 1.807) is 26.2 Å². The van der Waals surface area contributed by atoms with Gasteiger partial charge in [-0.05, 0) is 24.8 Å². The van der Waals surface area contributed by atoms with Crippen molar-refractivity contribution in [1.82, 2.24) is 19.9 Å². The second kappa shape index (κ2) is 5.57. The molecule has 0 aliphatic rings. The van der Waals surface area contributed by atoms with Gasteiger partial charge in [0, 0.05) is 13.2 Å². The van der Waals surface area contributed by atoms with E-state index in [1.807, 2.05) is 0 Å². The SMILES string of the molecule is CNc1nc(C)c([N+](=O)[O-])c(Sc2ccncn2)n1. The average Bonchev–Trinajstić information content (AvgIpc) is 2.38. The molecule has 8 nitrogen and oxygen atoms in total. The number of aromatic nitrogens is 4. The van der Waals surface area contributed by atoms with Crippen molar-refractivity contribution >= 4 is 23.4 Å². The molecule has 1 N–H and O–H groups in total. The lowest BCUT2D eigenvalue weighted by atomic mass is 10.4. The fraction of sp³-hybridized carbons (Fsp3) is 0.200. The van der Waals surface area contributed by atoms with Crippen LogP contribution in [0.25, 0.3) is 0 Å². The van der Waals surface area contributed by atoms with Gasteiger partial charge in [0.05, 0.1) is 4.92 Å². The number of hydrogen-bond acceptors (Lipinski definition) is 8. The fourth-order valence-corrected chi connectivity index (χ4v) is 2.25. The predicted molar refractivity (Wildman–Crippen MR) is 69.1 cm³/mol. The molecular formula is C10H10N6O2S. The van der Waals surface area contributed by atoms with Crippen molar-refractivity contribution in [2.45, 2.75) is 17.0 Å². The first-order valence-corrected chi connectivity index (χ1v) is 6.08. The summed E-state index contributed by atoms with van der Waals surface area (Å²) < 4.78 is 0. The maximum absolute atomic E-state index is 11.1. The van der Waals surface area contributed by atoms with Crippen molar-refractivity contribution in [2.75, 3.05) is 12.4 Å². The van der Waals surface area contributed by atoms with Crippen LogP contribution >= 0.6 is 11.8 Å². The molecule has 0 spiro atoms. The highest BCUT2D eigenvalue weighted by molar-refractivity contribution is 7.99. The van der Waals surface area contributed by atoms with Crippen LogP contribution in [0.5, 0.6) is 0 Å². The Kier molecular flexibility index (Phi) is 3.85. The fourth-order valence-electron chi connectivity index (χ4n) is 1.37. The van der Waals surface area contributed by atoms with Gasteiger partial charge in [0.15, 0.2) is 5.03 Å². The summed E-state index contributed by atoms with van der Waals surface area (Å²) in [6.45, 7) is 1.57. The van der Waals surface area contributed by atoms with Gasteiger partial charge in [-0.25, -0.2) is 15.0 Å². The zero-order valence-electron chi connectivity index (χ0n) is 10.2. The predicted octanol–water partition coefficient (Wildman–Crippen LogP) is 1.68. The molecule has 0 saturated carbocycles. The Balaban J connectivity index is 2.48. The summed E-state index contributed by atoms with van der Waals surface area (Å²) in [6, 6.07) is 1.66. The van der Waals surface area contributed by atoms with Crippen LogP contribution in [0.4, 0.5) is 11.6 Å². The molecule has 2 heterocycles. The van der Waals surface area contributed by atoms with Crippen molar-refractivity contribution in [1.29, 1.82) is 0 Å². The van der Waals surface area contributed by atoms with E-state index >= 15 is 0 Å². The van der Waals surface area contributed by atoms with Crippen LogP contribution in [0.2, 0.25) is 0 Å². The Morgan fingerprint density at radius 2 is 2.21 bits per heavy atom. The van der Waals surface area contributed by atoms with Gasteiger partial charge in [-0.15, -0.1) is 0 Å². The van der Waals surface area contributed by atoms with Crippen molar-refractivity contribution < 1.29 is 4.92 Å². The molecule has 0 aromatic carbocycles. The van der Waals surface area contributed by atoms with Crippen molar-refractivity contribution in [2.24, 2.45) is 0 Å². The van der Waals surface area contributed by atoms with E-state index in [-0.39, 0.29) is 10.7 Å². The Labute approximate surface area is 112 Å². The quantitative estimate of drug-likeness (QED) is 0.511. The smallest absolute Gasteiger partial charge is 0.322 e. The highest BCUT2D eigenvalue weighted by Crippen LogP contribution is 2.34. The average molecular weight is 278 g/mol. The molecule has 0 radical (unpaired) electrons. The maximum atomic E-state index is 11.1. The summed E-state index contributed by atoms with van der Waals surface area (Å²) >= 11 is 1.10. The molecule has 0 fully saturated rings. The van der Waals surface area contributed by atoms with Gasteiger partial charge < -0.3 is 5.32 Å². The Morgan fingerprint density at radius 1 is 1.42 bits per heavy atom. The number of nitrogens with zero attached hydrogens (tertiary/aromatic N) is 5. The van der Waals surface area contributed by atoms with E-state index < -0.39 is 4.92 Å². The summed E-state index contributed by atoms with van der Waals surface area (Å²) in [5.41, 5.74) is 0.198. The molecule has 0 bridgehead atoms. The Morgan fingerprint density at radius 3 is 2.79 bits per heavy atom. The zero-order chi connectivity index (χ0) is 13.8. The third kappa shape index (κ3) is 2.94. The number of aryl methyl sites for hydroxylation is 1. The second-order valence-corrected chi connectivity index (χ2v) is 4.45. The first-order chi connectivity index (χ1) is 9.11. The number of nitrogens with one attached hydrogen (secondary N) is 1. The first-order valence-electron chi connectivity index (χ1n) is 5.26. The van der Waals surface area contributed by atoms with Crippen LogP contribution in [0.1, 0.15) is 5.69 Å². The van der Waals surface area contributed by atoms with E-state index in [4.69, 9.17) is 0 Å². The van der Waals surface area contributed by atoms with Crippen LogP contribution in [0, 0.1) is 17.0 Å². The van der Waals surface area contributed by atoms with Gasteiger partial charge in [-0.1, -0.05) is 0 Å². The van der Waals surface area contributed by atoms with Crippen LogP contribution in [0.3, 0.4) is 0 Å². The molecule has 98 valence electrons. The van der Waals surface area contributed by atoms with Gasteiger partial charge in [0.25, 0.3) is 0 Å². The van der Waals surface area contributed by atoms with E-state index in [0.29, 0.717) is 16.7 Å². The first kappa shape index (κ1) is 13.1. The van der Waals surface area contributed by atoms with Gasteiger partial charge in [0.1, 0.15) is 17.0 Å². The third-order valence-corrected chi connectivity index (χ3v) is 3.12. The maximum Gasteiger partial charge on any atom is 0.322 e. The molecule has 0 aliphatic heterocycles. The largest absolute Gasteiger partial charge is 0.357 e. The summed E-state index contributed by atoms with van der Waals surface area (Å²) in [6.07, 6.45) is 2.94. The van der Waals surface area contributed by atoms with Crippen molar-refractivity contribution in [3.8, 4) is 0 Å². The molecule has 0 amide bonds. The van der Waals surface area contributed by atoms with Crippen molar-refractivity contribution in [3.63, 3.8) is 0 Å². The third-order valence-electron chi connectivity index (χ3n) is 2.19. The van der Waals surface area contributed by atoms with Gasteiger partial charge in [-0.2, -0.15) is 4.98 Å². The minimum atomic E-state index is -0.488. The molecular weight excluding hydrogens is 268 g/mol. The monoisotopic (exact) mass is 278 g/mol. The minimum Gasteiger partial charge on any atom is -0.357 e. The number of anilines is 1. The molecule has 0 unspecified atom stereocenters. The summed E-state index contributed by atoms with van der Waals surface area (Å²) in [5.74, 6) is 0.333. The lowest BCUT2D eigenvalue weighted by Gasteiger charge is -2.06. The van der Waals surface area contributed by atoms with Gasteiger partial charge >= 0.3 is 5.69 Å². The zero-order valence-corrected chi connectivity index (χ0v) is 11.0. The Bertz CT molecular complexity index is 606. The summed E-state index contributed by atoms with van der Waals surface area (Å²) in [7, 11) is 1.65. The van der Waals surface area contributed by atoms with Crippen LogP contribution < -0.4 is 5.32 Å². The minimum absolute atomic E-state index is 0.109. The second-order valence-electron chi connectivity index (χ2n) is 3.44. The van der Waals surface area contributed by atoms with Crippen molar-refractivity contribution in [3.05, 3.63) is 34.4 Å². The van der Waals surface area contributed by atoms with E-state index in [0.717, 1.165) is 11.8 Å². The molecule has 9 heteroatoms. The molecule has 0 aliphatic carbocycles. The molecule has 2 aromatic rings. The van der Waals surface area contributed by atoms with Crippen LogP contribution in [-0.4, -0.2) is 31.9 Å². The van der Waals surface area contributed by atoms with E-state index in [1.165, 1.54) is 6.33 Å². The molecule has 0 atom stereocenters. The van der Waals surface area contributed by atoms with Crippen LogP contribution in [-0.2, 0) is 0 Å². The standard InChI is InChI=1S/C10H10N6O2S/c1-6-8(16(17)18)9(15-10(11-2)14-6)19-7-3-4-12-5-13-7/h3-5H,1-2H3,(H,11,14,15). The van der Waals surface area contributed by atoms with Gasteiger partial charge in [-0.3, -0.25) is 10.1 Å². The van der Waals surface area contributed by atoms with E-state index in [9.17, 15) is 10.1 Å². The van der Waals surface area contributed by atoms with Crippen LogP contribution in [0.15, 0.2) is 28.6 Å². The lowest BCUT2D eigenvalue weighted by Crippen LogP contribution is -2.04. The normalized spacial score (nSPS) is 10.2. The molecule has 2 aromatic heterocycles. The Hall–Kier alpha value is -2.29. The lowest BCUT2D eigenvalue weighted by molar-refractivity contribution is -0.389. The molecule has 0 saturated heterocycles. The number of nitro groups is 1. The number of hydrogen-bond donors (Lipinski definition) is 1. The van der Waals surface area contributed by atoms with Gasteiger partial charge in [0.2, 0.25) is 5.95 Å². The summed E-state index contributed by atoms with van der Waals surface area (Å²) in [4.78, 5) is 26.5. The molecule has 19 heavy (non-hydrogen) atoms. The van der Waals surface area contributed by atoms with E-state index in [2.05, 4.69) is 25.3 Å². The highest BCUT2D eigenvalue weighted by atomic mass is 32.2. The molecule has 2 rings (SSSR count). The highest BCUT2D eigenvalue weighted by Gasteiger charge is 2.23. The summed E-state index contributed by atoms with van der Waals surface area (Å²) in [5, 5.41) is 14.7.